The molecule has 2 N–H and O–H groups in total. The number of nitrogens with one attached hydrogen (secondary N) is 1. The summed E-state index contributed by atoms with van der Waals surface area (Å²) in [5, 5.41) is 22.8. The number of nitriles is 1. The van der Waals surface area contributed by atoms with E-state index in [0.717, 1.165) is 30.3 Å². The first-order valence-corrected chi connectivity index (χ1v) is 9.33. The Bertz CT molecular complexity index is 1060. The maximum Gasteiger partial charge on any atom is 0.229 e. The number of nitrogens with zero attached hydrogens (tertiary/aromatic N) is 4. The number of benzene rings is 1. The quantitative estimate of drug-likeness (QED) is 0.712. The molecular formula is C21H21N5O2. The van der Waals surface area contributed by atoms with E-state index in [0.29, 0.717) is 17.1 Å². The molecule has 2 aromatic heterocycles. The second-order valence-corrected chi connectivity index (χ2v) is 7.45. The van der Waals surface area contributed by atoms with Gasteiger partial charge in [-0.15, -0.1) is 0 Å². The first-order chi connectivity index (χ1) is 13.5. The monoisotopic (exact) mass is 375 g/mol. The van der Waals surface area contributed by atoms with Gasteiger partial charge in [0.05, 0.1) is 34.7 Å². The van der Waals surface area contributed by atoms with E-state index in [1.807, 2.05) is 10.6 Å². The molecule has 0 radical (unpaired) electrons. The number of imidazole rings is 1. The molecule has 0 bridgehead atoms. The number of carbonyl (C=O) groups is 1. The molecule has 1 aliphatic carbocycles. The van der Waals surface area contributed by atoms with Crippen LogP contribution >= 0.6 is 0 Å². The van der Waals surface area contributed by atoms with Gasteiger partial charge in [0, 0.05) is 24.0 Å². The van der Waals surface area contributed by atoms with Crippen molar-refractivity contribution in [3.05, 3.63) is 53.9 Å². The number of rotatable bonds is 5. The standard InChI is InChI=1S/C21H21N5O2/c1-21(28,15-4-3-9-23-13-15)11-19(27)25-20-24-17-8-7-14(12-22)10-18(17)26(20)16-5-2-6-16/h3-4,7-10,13,16,28H,2,5-6,11H2,1H3,(H,24,25,27)/t21-/m0/s1. The number of anilines is 1. The first kappa shape index (κ1) is 18.1. The third-order valence-corrected chi connectivity index (χ3v) is 5.30. The zero-order valence-corrected chi connectivity index (χ0v) is 15.6. The third-order valence-electron chi connectivity index (χ3n) is 5.30. The molecule has 1 fully saturated rings. The molecule has 28 heavy (non-hydrogen) atoms. The van der Waals surface area contributed by atoms with Crippen LogP contribution in [0.1, 0.15) is 49.8 Å². The molecule has 142 valence electrons. The molecule has 0 saturated heterocycles. The maximum absolute atomic E-state index is 12.7. The van der Waals surface area contributed by atoms with Crippen LogP contribution < -0.4 is 5.32 Å². The number of fused-ring (bicyclic) bond motifs is 1. The second-order valence-electron chi connectivity index (χ2n) is 7.45. The van der Waals surface area contributed by atoms with E-state index in [-0.39, 0.29) is 18.4 Å². The molecule has 1 aliphatic rings. The minimum atomic E-state index is -1.33. The van der Waals surface area contributed by atoms with Crippen molar-refractivity contribution in [3.8, 4) is 6.07 Å². The molecule has 1 atom stereocenters. The van der Waals surface area contributed by atoms with Gasteiger partial charge in [-0.1, -0.05) is 6.07 Å². The van der Waals surface area contributed by atoms with E-state index in [4.69, 9.17) is 0 Å². The fourth-order valence-electron chi connectivity index (χ4n) is 3.53. The Kier molecular flexibility index (Phi) is 4.57. The van der Waals surface area contributed by atoms with Gasteiger partial charge >= 0.3 is 0 Å². The number of hydrogen-bond donors (Lipinski definition) is 2. The smallest absolute Gasteiger partial charge is 0.229 e. The van der Waals surface area contributed by atoms with Gasteiger partial charge in [0.1, 0.15) is 0 Å². The summed E-state index contributed by atoms with van der Waals surface area (Å²) in [6.45, 7) is 1.59. The first-order valence-electron chi connectivity index (χ1n) is 9.33. The summed E-state index contributed by atoms with van der Waals surface area (Å²) in [6.07, 6.45) is 6.22. The van der Waals surface area contributed by atoms with E-state index in [9.17, 15) is 15.2 Å². The Balaban J connectivity index is 1.62. The molecule has 4 rings (SSSR count). The molecule has 1 aromatic carbocycles. The Morgan fingerprint density at radius 3 is 2.89 bits per heavy atom. The average Bonchev–Trinajstić information content (AvgIpc) is 2.97. The van der Waals surface area contributed by atoms with E-state index < -0.39 is 5.60 Å². The normalized spacial score (nSPS) is 16.2. The van der Waals surface area contributed by atoms with Crippen LogP contribution in [0.5, 0.6) is 0 Å². The van der Waals surface area contributed by atoms with Crippen molar-refractivity contribution in [2.45, 2.75) is 44.2 Å². The van der Waals surface area contributed by atoms with Crippen LogP contribution in [-0.4, -0.2) is 25.5 Å². The van der Waals surface area contributed by atoms with Crippen LogP contribution in [0.15, 0.2) is 42.7 Å². The summed E-state index contributed by atoms with van der Waals surface area (Å²) < 4.78 is 2.01. The van der Waals surface area contributed by atoms with Crippen LogP contribution in [0.4, 0.5) is 5.95 Å². The second kappa shape index (κ2) is 7.06. The largest absolute Gasteiger partial charge is 0.385 e. The van der Waals surface area contributed by atoms with Gasteiger partial charge in [-0.25, -0.2) is 4.98 Å². The number of hydrogen-bond acceptors (Lipinski definition) is 5. The summed E-state index contributed by atoms with van der Waals surface area (Å²) in [6, 6.07) is 11.2. The molecule has 1 saturated carbocycles. The van der Waals surface area contributed by atoms with E-state index in [1.54, 1.807) is 43.6 Å². The number of pyridine rings is 1. The number of aliphatic hydroxyl groups is 1. The highest BCUT2D eigenvalue weighted by atomic mass is 16.3. The van der Waals surface area contributed by atoms with Crippen LogP contribution in [0.3, 0.4) is 0 Å². The molecule has 7 heteroatoms. The molecule has 2 heterocycles. The fourth-order valence-corrected chi connectivity index (χ4v) is 3.53. The maximum atomic E-state index is 12.7. The van der Waals surface area contributed by atoms with Crippen LogP contribution in [0.2, 0.25) is 0 Å². The molecule has 7 nitrogen and oxygen atoms in total. The zero-order chi connectivity index (χ0) is 19.7. The number of carbonyl (C=O) groups excluding carboxylic acids is 1. The molecule has 0 spiro atoms. The van der Waals surface area contributed by atoms with Gasteiger partial charge in [-0.3, -0.25) is 15.1 Å². The van der Waals surface area contributed by atoms with Crippen molar-refractivity contribution in [2.24, 2.45) is 0 Å². The summed E-state index contributed by atoms with van der Waals surface area (Å²) in [5.41, 5.74) is 1.39. The number of amides is 1. The van der Waals surface area contributed by atoms with E-state index in [1.165, 1.54) is 0 Å². The SMILES string of the molecule is C[C@](O)(CC(=O)Nc1nc2ccc(C#N)cc2n1C1CCC1)c1cccnc1. The molecule has 0 aliphatic heterocycles. The predicted octanol–water partition coefficient (Wildman–Crippen LogP) is 3.26. The highest BCUT2D eigenvalue weighted by Gasteiger charge is 2.29. The lowest BCUT2D eigenvalue weighted by atomic mass is 9.92. The van der Waals surface area contributed by atoms with Crippen LogP contribution in [0, 0.1) is 11.3 Å². The van der Waals surface area contributed by atoms with Crippen molar-refractivity contribution in [3.63, 3.8) is 0 Å². The average molecular weight is 375 g/mol. The summed E-state index contributed by atoms with van der Waals surface area (Å²) in [4.78, 5) is 21.3. The highest BCUT2D eigenvalue weighted by Crippen LogP contribution is 2.37. The van der Waals surface area contributed by atoms with Gasteiger partial charge < -0.3 is 9.67 Å². The Morgan fingerprint density at radius 2 is 2.25 bits per heavy atom. The summed E-state index contributed by atoms with van der Waals surface area (Å²) >= 11 is 0. The Morgan fingerprint density at radius 1 is 1.43 bits per heavy atom. The highest BCUT2D eigenvalue weighted by molar-refractivity contribution is 5.92. The van der Waals surface area contributed by atoms with E-state index in [2.05, 4.69) is 21.4 Å². The zero-order valence-electron chi connectivity index (χ0n) is 15.6. The molecule has 0 unspecified atom stereocenters. The van der Waals surface area contributed by atoms with Crippen LogP contribution in [-0.2, 0) is 10.4 Å². The van der Waals surface area contributed by atoms with Crippen molar-refractivity contribution in [1.29, 1.82) is 5.26 Å². The summed E-state index contributed by atoms with van der Waals surface area (Å²) in [7, 11) is 0. The van der Waals surface area contributed by atoms with Crippen LogP contribution in [0.25, 0.3) is 11.0 Å². The van der Waals surface area contributed by atoms with Gasteiger partial charge in [0.25, 0.3) is 0 Å². The van der Waals surface area contributed by atoms with Gasteiger partial charge in [0.15, 0.2) is 0 Å². The number of aromatic nitrogens is 3. The van der Waals surface area contributed by atoms with E-state index >= 15 is 0 Å². The van der Waals surface area contributed by atoms with Gasteiger partial charge in [0.2, 0.25) is 11.9 Å². The molecular weight excluding hydrogens is 354 g/mol. The van der Waals surface area contributed by atoms with Gasteiger partial charge in [-0.05, 0) is 50.5 Å². The molecule has 1 amide bonds. The third kappa shape index (κ3) is 3.35. The predicted molar refractivity (Wildman–Crippen MR) is 104 cm³/mol. The van der Waals surface area contributed by atoms with Crippen molar-refractivity contribution >= 4 is 22.9 Å². The van der Waals surface area contributed by atoms with Crippen molar-refractivity contribution < 1.29 is 9.90 Å². The van der Waals surface area contributed by atoms with Crippen molar-refractivity contribution in [1.82, 2.24) is 14.5 Å². The van der Waals surface area contributed by atoms with Crippen molar-refractivity contribution in [2.75, 3.05) is 5.32 Å². The molecule has 3 aromatic rings. The Labute approximate surface area is 162 Å². The fraction of sp³-hybridized carbons (Fsp3) is 0.333. The summed E-state index contributed by atoms with van der Waals surface area (Å²) in [5.74, 6) is 0.131. The minimum Gasteiger partial charge on any atom is -0.385 e. The lowest BCUT2D eigenvalue weighted by Crippen LogP contribution is -2.30. The lowest BCUT2D eigenvalue weighted by Gasteiger charge is -2.29. The lowest BCUT2D eigenvalue weighted by molar-refractivity contribution is -0.120. The minimum absolute atomic E-state index is 0.115. The Hall–Kier alpha value is -3.24. The topological polar surface area (TPSA) is 104 Å². The van der Waals surface area contributed by atoms with Gasteiger partial charge in [-0.2, -0.15) is 5.26 Å².